The summed E-state index contributed by atoms with van der Waals surface area (Å²) in [6.45, 7) is 1.79. The van der Waals surface area contributed by atoms with Crippen molar-refractivity contribution >= 4 is 57.4 Å². The maximum atomic E-state index is 11.2. The Morgan fingerprint density at radius 3 is 1.59 bits per heavy atom. The molecule has 46 heavy (non-hydrogen) atoms. The van der Waals surface area contributed by atoms with Gasteiger partial charge in [0.15, 0.2) is 0 Å². The lowest BCUT2D eigenvalue weighted by Crippen LogP contribution is -1.95. The third-order valence-corrected chi connectivity index (χ3v) is 6.78. The van der Waals surface area contributed by atoms with Gasteiger partial charge >= 0.3 is 11.9 Å². The summed E-state index contributed by atoms with van der Waals surface area (Å²) in [5, 5.41) is 53.0. The Morgan fingerprint density at radius 1 is 0.565 bits per heavy atom. The van der Waals surface area contributed by atoms with Gasteiger partial charge in [-0.05, 0) is 96.4 Å². The molecule has 7 N–H and O–H groups in total. The molecule has 0 aliphatic heterocycles. The number of hydrogen-bond acceptors (Lipinski definition) is 11. The van der Waals surface area contributed by atoms with Crippen LogP contribution in [0.3, 0.4) is 0 Å². The van der Waals surface area contributed by atoms with Gasteiger partial charge in [-0.3, -0.25) is 0 Å². The second-order valence-electron chi connectivity index (χ2n) is 9.94. The number of carboxylic acids is 2. The van der Waals surface area contributed by atoms with Gasteiger partial charge in [0.2, 0.25) is 0 Å². The molecule has 0 heterocycles. The van der Waals surface area contributed by atoms with Gasteiger partial charge in [-0.1, -0.05) is 24.3 Å². The number of nitrogens with two attached hydrogens (primary N) is 2. The lowest BCUT2D eigenvalue weighted by atomic mass is 10.1. The van der Waals surface area contributed by atoms with E-state index < -0.39 is 11.9 Å². The first-order valence-corrected chi connectivity index (χ1v) is 13.6. The van der Waals surface area contributed by atoms with Gasteiger partial charge < -0.3 is 26.8 Å². The van der Waals surface area contributed by atoms with Crippen LogP contribution in [0, 0.1) is 6.92 Å². The number of nitrogens with zero attached hydrogens (tertiary/aromatic N) is 6. The average Bonchev–Trinajstić information content (AvgIpc) is 3.06. The van der Waals surface area contributed by atoms with Crippen LogP contribution in [0.1, 0.15) is 26.3 Å². The van der Waals surface area contributed by atoms with E-state index in [-0.39, 0.29) is 28.3 Å². The Bertz CT molecular complexity index is 2020. The summed E-state index contributed by atoms with van der Waals surface area (Å²) < 4.78 is 0. The molecule has 0 fully saturated rings. The molecule has 5 aromatic carbocycles. The SMILES string of the molecule is Cc1cc(N=Nc2ccc(-c3ccc(N=Nc4ccc(O)c(C(=O)O)c4)cc3)cc2)c(N)c(N=Nc2ccc(C(=O)O)cc2)c1N. The van der Waals surface area contributed by atoms with E-state index >= 15 is 0 Å². The smallest absolute Gasteiger partial charge is 0.339 e. The van der Waals surface area contributed by atoms with E-state index in [0.717, 1.165) is 11.1 Å². The van der Waals surface area contributed by atoms with Crippen molar-refractivity contribution in [1.29, 1.82) is 0 Å². The summed E-state index contributed by atoms with van der Waals surface area (Å²) >= 11 is 0. The highest BCUT2D eigenvalue weighted by Crippen LogP contribution is 2.41. The number of benzene rings is 5. The van der Waals surface area contributed by atoms with E-state index in [9.17, 15) is 14.7 Å². The van der Waals surface area contributed by atoms with Crippen LogP contribution in [0.25, 0.3) is 11.1 Å². The van der Waals surface area contributed by atoms with Crippen molar-refractivity contribution in [3.63, 3.8) is 0 Å². The number of aryl methyl sites for hydroxylation is 1. The van der Waals surface area contributed by atoms with E-state index in [0.29, 0.717) is 39.7 Å². The number of aromatic carboxylic acids is 2. The summed E-state index contributed by atoms with van der Waals surface area (Å²) in [4.78, 5) is 22.3. The number of carboxylic acid groups (broad SMARTS) is 2. The van der Waals surface area contributed by atoms with E-state index in [1.807, 2.05) is 24.3 Å². The Labute approximate surface area is 261 Å². The fraction of sp³-hybridized carbons (Fsp3) is 0.0303. The van der Waals surface area contributed by atoms with Crippen LogP contribution in [-0.4, -0.2) is 27.3 Å². The number of anilines is 2. The normalized spacial score (nSPS) is 11.5. The molecular weight excluding hydrogens is 588 g/mol. The number of rotatable bonds is 9. The minimum absolute atomic E-state index is 0.132. The van der Waals surface area contributed by atoms with Crippen LogP contribution in [0.15, 0.2) is 128 Å². The number of phenols is 1. The van der Waals surface area contributed by atoms with E-state index in [2.05, 4.69) is 30.7 Å². The highest BCUT2D eigenvalue weighted by atomic mass is 16.4. The lowest BCUT2D eigenvalue weighted by Gasteiger charge is -2.09. The molecule has 0 saturated heterocycles. The first-order chi connectivity index (χ1) is 22.1. The van der Waals surface area contributed by atoms with Crippen LogP contribution in [0.4, 0.5) is 45.5 Å². The molecule has 0 bridgehead atoms. The molecule has 228 valence electrons. The minimum atomic E-state index is -1.26. The molecule has 5 rings (SSSR count). The molecule has 0 spiro atoms. The molecule has 0 radical (unpaired) electrons. The summed E-state index contributed by atoms with van der Waals surface area (Å²) in [7, 11) is 0. The Hall–Kier alpha value is -6.76. The first kappa shape index (κ1) is 30.7. The van der Waals surface area contributed by atoms with Crippen molar-refractivity contribution < 1.29 is 24.9 Å². The van der Waals surface area contributed by atoms with Gasteiger partial charge in [-0.25, -0.2) is 9.59 Å². The molecule has 0 unspecified atom stereocenters. The highest BCUT2D eigenvalue weighted by molar-refractivity contribution is 5.92. The largest absolute Gasteiger partial charge is 0.507 e. The van der Waals surface area contributed by atoms with Crippen molar-refractivity contribution in [3.05, 3.63) is 114 Å². The standard InChI is InChI=1S/C33H26N8O5/c1-18-16-27(30(35)31(29(18)34)41-38-24-12-6-21(7-13-24)32(43)44)40-37-23-10-4-20(5-11-23)19-2-8-22(9-3-19)36-39-25-14-15-28(42)26(17-25)33(45)46/h2-17,42H,34-35H2,1H3,(H,43,44)(H,45,46). The summed E-state index contributed by atoms with van der Waals surface area (Å²) in [6.07, 6.45) is 0. The van der Waals surface area contributed by atoms with Crippen molar-refractivity contribution in [2.24, 2.45) is 30.7 Å². The molecule has 5 aromatic rings. The molecule has 13 heteroatoms. The molecule has 13 nitrogen and oxygen atoms in total. The molecule has 0 aliphatic carbocycles. The highest BCUT2D eigenvalue weighted by Gasteiger charge is 2.13. The van der Waals surface area contributed by atoms with Gasteiger partial charge in [0, 0.05) is 0 Å². The van der Waals surface area contributed by atoms with Crippen molar-refractivity contribution in [1.82, 2.24) is 0 Å². The zero-order valence-corrected chi connectivity index (χ0v) is 24.2. The van der Waals surface area contributed by atoms with Crippen molar-refractivity contribution in [2.75, 3.05) is 11.5 Å². The third kappa shape index (κ3) is 7.06. The Kier molecular flexibility index (Phi) is 8.85. The Morgan fingerprint density at radius 2 is 1.04 bits per heavy atom. The monoisotopic (exact) mass is 614 g/mol. The number of aromatic hydroxyl groups is 1. The van der Waals surface area contributed by atoms with E-state index in [4.69, 9.17) is 21.7 Å². The number of hydrogen-bond donors (Lipinski definition) is 5. The van der Waals surface area contributed by atoms with Crippen LogP contribution in [-0.2, 0) is 0 Å². The maximum Gasteiger partial charge on any atom is 0.339 e. The van der Waals surface area contributed by atoms with Gasteiger partial charge in [-0.2, -0.15) is 20.5 Å². The fourth-order valence-corrected chi connectivity index (χ4v) is 4.21. The zero-order valence-electron chi connectivity index (χ0n) is 24.2. The van der Waals surface area contributed by atoms with E-state index in [1.165, 1.54) is 42.5 Å². The van der Waals surface area contributed by atoms with Crippen molar-refractivity contribution in [2.45, 2.75) is 6.92 Å². The topological polar surface area (TPSA) is 221 Å². The zero-order chi connectivity index (χ0) is 32.8. The molecule has 0 aliphatic rings. The number of azo groups is 3. The fourth-order valence-electron chi connectivity index (χ4n) is 4.21. The average molecular weight is 615 g/mol. The first-order valence-electron chi connectivity index (χ1n) is 13.6. The summed E-state index contributed by atoms with van der Waals surface area (Å²) in [6, 6.07) is 26.3. The molecule has 0 atom stereocenters. The second kappa shape index (κ2) is 13.3. The van der Waals surface area contributed by atoms with Gasteiger partial charge in [0.25, 0.3) is 0 Å². The minimum Gasteiger partial charge on any atom is -0.507 e. The number of carbonyl (C=O) groups is 2. The third-order valence-electron chi connectivity index (χ3n) is 6.78. The van der Waals surface area contributed by atoms with Crippen LogP contribution in [0.5, 0.6) is 5.75 Å². The quantitative estimate of drug-likeness (QED) is 0.0798. The number of nitrogen functional groups attached to an aromatic ring is 2. The second-order valence-corrected chi connectivity index (χ2v) is 9.94. The predicted molar refractivity (Wildman–Crippen MR) is 173 cm³/mol. The van der Waals surface area contributed by atoms with Crippen molar-refractivity contribution in [3.8, 4) is 16.9 Å². The summed E-state index contributed by atoms with van der Waals surface area (Å²) in [5.41, 5.74) is 17.9. The lowest BCUT2D eigenvalue weighted by molar-refractivity contribution is 0.0684. The molecule has 0 amide bonds. The van der Waals surface area contributed by atoms with Crippen LogP contribution >= 0.6 is 0 Å². The predicted octanol–water partition coefficient (Wildman–Crippen LogP) is 9.17. The van der Waals surface area contributed by atoms with Gasteiger partial charge in [-0.15, -0.1) is 10.2 Å². The van der Waals surface area contributed by atoms with E-state index in [1.54, 1.807) is 37.3 Å². The molecule has 0 aromatic heterocycles. The molecular formula is C33H26N8O5. The Balaban J connectivity index is 1.28. The van der Waals surface area contributed by atoms with Crippen LogP contribution in [0.2, 0.25) is 0 Å². The van der Waals surface area contributed by atoms with Gasteiger partial charge in [0.1, 0.15) is 22.7 Å². The van der Waals surface area contributed by atoms with Crippen LogP contribution < -0.4 is 11.5 Å². The summed E-state index contributed by atoms with van der Waals surface area (Å²) in [5.74, 6) is -2.64. The molecule has 0 saturated carbocycles. The van der Waals surface area contributed by atoms with Gasteiger partial charge in [0.05, 0.1) is 39.7 Å². The maximum absolute atomic E-state index is 11.2.